The Balaban J connectivity index is 2.74. The number of aliphatic hydroxyl groups is 1. The fraction of sp³-hybridized carbons (Fsp3) is 0.794. The van der Waals surface area contributed by atoms with Crippen molar-refractivity contribution in [3.8, 4) is 0 Å². The van der Waals surface area contributed by atoms with E-state index in [0.717, 1.165) is 0 Å². The lowest BCUT2D eigenvalue weighted by Crippen LogP contribution is -2.60. The number of rotatable bonds is 8. The number of hydrogen-bond acceptors (Lipinski definition) is 13. The lowest BCUT2D eigenvalue weighted by atomic mass is 9.76. The number of ether oxygens (including phenoxy) is 6. The Morgan fingerprint density at radius 2 is 1.68 bits per heavy atom. The molecule has 2 rings (SSSR count). The number of likely N-dealkylation sites (N-methyl/N-ethyl adjacent to an activating group) is 1. The van der Waals surface area contributed by atoms with Gasteiger partial charge >= 0.3 is 17.9 Å². The summed E-state index contributed by atoms with van der Waals surface area (Å²) in [5.41, 5.74) is -3.18. The quantitative estimate of drug-likeness (QED) is 0.228. The molecule has 0 spiro atoms. The Morgan fingerprint density at radius 1 is 1.06 bits per heavy atom. The van der Waals surface area contributed by atoms with Gasteiger partial charge in [0.15, 0.2) is 24.0 Å². The van der Waals surface area contributed by atoms with Crippen LogP contribution in [0, 0.1) is 17.8 Å². The number of nitrogens with zero attached hydrogens (tertiary/aromatic N) is 1. The normalized spacial score (nSPS) is 39.0. The van der Waals surface area contributed by atoms with Crippen molar-refractivity contribution in [2.24, 2.45) is 17.8 Å². The Morgan fingerprint density at radius 3 is 2.19 bits per heavy atom. The molecule has 268 valence electrons. The molecule has 11 atom stereocenters. The summed E-state index contributed by atoms with van der Waals surface area (Å²) in [6, 6.07) is -0.284. The van der Waals surface area contributed by atoms with E-state index < -0.39 is 89.6 Å². The monoisotopic (exact) mass is 669 g/mol. The summed E-state index contributed by atoms with van der Waals surface area (Å²) in [6.45, 7) is 13.4. The minimum atomic E-state index is -1.84. The van der Waals surface area contributed by atoms with Crippen LogP contribution in [0.1, 0.15) is 81.6 Å². The zero-order valence-corrected chi connectivity index (χ0v) is 30.0. The molecule has 0 amide bonds. The van der Waals surface area contributed by atoms with E-state index in [9.17, 15) is 29.1 Å². The van der Waals surface area contributed by atoms with Gasteiger partial charge in [-0.3, -0.25) is 24.0 Å². The highest BCUT2D eigenvalue weighted by atomic mass is 16.7. The molecule has 0 bridgehead atoms. The molecule has 2 heterocycles. The molecule has 47 heavy (non-hydrogen) atoms. The van der Waals surface area contributed by atoms with Crippen molar-refractivity contribution in [3.05, 3.63) is 11.6 Å². The number of hydrogen-bond donors (Lipinski definition) is 1. The van der Waals surface area contributed by atoms with Crippen LogP contribution >= 0.6 is 0 Å². The van der Waals surface area contributed by atoms with Gasteiger partial charge in [0.1, 0.15) is 24.2 Å². The number of carbonyl (C=O) groups is 5. The van der Waals surface area contributed by atoms with E-state index in [1.54, 1.807) is 27.7 Å². The van der Waals surface area contributed by atoms with Gasteiger partial charge in [0.05, 0.1) is 23.9 Å². The number of ketones is 2. The Kier molecular flexibility index (Phi) is 14.3. The van der Waals surface area contributed by atoms with E-state index in [0.29, 0.717) is 6.42 Å². The van der Waals surface area contributed by atoms with Crippen molar-refractivity contribution < 1.29 is 57.5 Å². The predicted octanol–water partition coefficient (Wildman–Crippen LogP) is 2.79. The molecule has 0 aromatic rings. The van der Waals surface area contributed by atoms with E-state index in [1.165, 1.54) is 40.9 Å². The SMILES string of the molecule is CC[C@H]1OC(=O)[C@H](C)C(=O)[C@H](C)[C@@H](OC2O[C@H](C)C[C@H](N(C)C)[C@H]2OC(C)=O)[C@@](C)(OC)C[C@@H](C)C(=O)/C(COC(C)=O)=C/[C@]1(C)O. The molecule has 0 saturated carbocycles. The average Bonchev–Trinajstić information content (AvgIpc) is 2.98. The molecule has 13 heteroatoms. The molecular weight excluding hydrogens is 614 g/mol. The van der Waals surface area contributed by atoms with Gasteiger partial charge in [-0.1, -0.05) is 20.8 Å². The summed E-state index contributed by atoms with van der Waals surface area (Å²) in [5.74, 6) is -6.07. The molecule has 0 aliphatic carbocycles. The molecule has 1 unspecified atom stereocenters. The fourth-order valence-electron chi connectivity index (χ4n) is 6.55. The number of Topliss-reactive ketones (excluding diaryl/α,β-unsaturated/α-hetero) is 2. The van der Waals surface area contributed by atoms with Crippen LogP contribution in [0.4, 0.5) is 0 Å². The third kappa shape index (κ3) is 10.1. The predicted molar refractivity (Wildman–Crippen MR) is 170 cm³/mol. The van der Waals surface area contributed by atoms with Crippen LogP contribution < -0.4 is 0 Å². The summed E-state index contributed by atoms with van der Waals surface area (Å²) in [6.07, 6.45) is -2.59. The van der Waals surface area contributed by atoms with Crippen molar-refractivity contribution in [1.82, 2.24) is 4.90 Å². The van der Waals surface area contributed by atoms with Crippen molar-refractivity contribution in [2.45, 2.75) is 130 Å². The molecule has 0 aromatic carbocycles. The van der Waals surface area contributed by atoms with Gasteiger partial charge in [-0.25, -0.2) is 0 Å². The maximum atomic E-state index is 14.0. The highest BCUT2D eigenvalue weighted by molar-refractivity contribution is 6.00. The summed E-state index contributed by atoms with van der Waals surface area (Å²) >= 11 is 0. The van der Waals surface area contributed by atoms with Crippen LogP contribution in [0.15, 0.2) is 11.6 Å². The van der Waals surface area contributed by atoms with Gasteiger partial charge < -0.3 is 38.4 Å². The molecule has 0 radical (unpaired) electrons. The first-order chi connectivity index (χ1) is 21.7. The molecule has 1 fully saturated rings. The molecule has 13 nitrogen and oxygen atoms in total. The van der Waals surface area contributed by atoms with Crippen molar-refractivity contribution in [3.63, 3.8) is 0 Å². The van der Waals surface area contributed by atoms with Gasteiger partial charge in [-0.2, -0.15) is 0 Å². The summed E-state index contributed by atoms with van der Waals surface area (Å²) < 4.78 is 35.4. The first kappa shape index (κ1) is 40.5. The van der Waals surface area contributed by atoms with Crippen LogP contribution in [0.25, 0.3) is 0 Å². The number of methoxy groups -OCH3 is 1. The minimum Gasteiger partial charge on any atom is -0.461 e. The Bertz CT molecular complexity index is 1180. The average molecular weight is 670 g/mol. The van der Waals surface area contributed by atoms with E-state index in [1.807, 2.05) is 25.9 Å². The lowest BCUT2D eigenvalue weighted by molar-refractivity contribution is -0.297. The van der Waals surface area contributed by atoms with Crippen LogP contribution in [-0.2, 0) is 52.4 Å². The van der Waals surface area contributed by atoms with E-state index in [2.05, 4.69) is 0 Å². The molecule has 2 aliphatic heterocycles. The second kappa shape index (κ2) is 16.6. The summed E-state index contributed by atoms with van der Waals surface area (Å²) in [4.78, 5) is 67.3. The zero-order valence-electron chi connectivity index (χ0n) is 30.0. The van der Waals surface area contributed by atoms with Crippen LogP contribution in [0.5, 0.6) is 0 Å². The van der Waals surface area contributed by atoms with E-state index in [4.69, 9.17) is 28.4 Å². The highest BCUT2D eigenvalue weighted by Crippen LogP contribution is 2.38. The van der Waals surface area contributed by atoms with Gasteiger partial charge in [-0.05, 0) is 67.1 Å². The lowest BCUT2D eigenvalue weighted by Gasteiger charge is -2.47. The van der Waals surface area contributed by atoms with Crippen LogP contribution in [0.2, 0.25) is 0 Å². The van der Waals surface area contributed by atoms with Crippen molar-refractivity contribution in [2.75, 3.05) is 27.8 Å². The molecule has 0 aromatic heterocycles. The Hall–Kier alpha value is -2.71. The number of cyclic esters (lactones) is 1. The minimum absolute atomic E-state index is 0.00513. The maximum Gasteiger partial charge on any atom is 0.316 e. The van der Waals surface area contributed by atoms with E-state index >= 15 is 0 Å². The van der Waals surface area contributed by atoms with E-state index in [-0.39, 0.29) is 30.6 Å². The highest BCUT2D eigenvalue weighted by Gasteiger charge is 2.51. The third-order valence-corrected chi connectivity index (χ3v) is 9.24. The molecule has 2 aliphatic rings. The topological polar surface area (TPSA) is 164 Å². The fourth-order valence-corrected chi connectivity index (χ4v) is 6.55. The van der Waals surface area contributed by atoms with Crippen LogP contribution in [-0.4, -0.2) is 115 Å². The largest absolute Gasteiger partial charge is 0.461 e. The molecule has 1 N–H and O–H groups in total. The first-order valence-corrected chi connectivity index (χ1v) is 16.2. The molecular formula is C34H55NO12. The number of esters is 3. The van der Waals surface area contributed by atoms with Gasteiger partial charge in [0, 0.05) is 38.4 Å². The maximum absolute atomic E-state index is 14.0. The molecule has 1 saturated heterocycles. The third-order valence-electron chi connectivity index (χ3n) is 9.24. The summed E-state index contributed by atoms with van der Waals surface area (Å²) in [5, 5.41) is 11.4. The van der Waals surface area contributed by atoms with Gasteiger partial charge in [-0.15, -0.1) is 0 Å². The van der Waals surface area contributed by atoms with Gasteiger partial charge in [0.2, 0.25) is 0 Å². The second-order valence-corrected chi connectivity index (χ2v) is 13.6. The van der Waals surface area contributed by atoms with Crippen molar-refractivity contribution in [1.29, 1.82) is 0 Å². The zero-order chi connectivity index (χ0) is 36.0. The Labute approximate surface area is 278 Å². The van der Waals surface area contributed by atoms with Crippen molar-refractivity contribution >= 4 is 29.5 Å². The van der Waals surface area contributed by atoms with Gasteiger partial charge in [0.25, 0.3) is 0 Å². The first-order valence-electron chi connectivity index (χ1n) is 16.2. The number of carbonyl (C=O) groups excluding carboxylic acids is 5. The smallest absolute Gasteiger partial charge is 0.316 e. The summed E-state index contributed by atoms with van der Waals surface area (Å²) in [7, 11) is 5.13. The van der Waals surface area contributed by atoms with Crippen LogP contribution in [0.3, 0.4) is 0 Å². The standard InChI is InChI=1S/C34H55NO12/c1-13-26-33(8,41)16-24(17-43-22(6)36)27(38)18(2)15-34(9,42-12)30(20(4)28(39)21(5)31(40)46-26)47-32-29(45-23(7)37)25(35(10)11)14-19(3)44-32/h16,18-21,25-26,29-30,32,41H,13-15,17H2,1-12H3/b24-16+/t18-,19-,20+,21-,25+,26-,29-,30-,32?,33+,34+/m1/s1. The second-order valence-electron chi connectivity index (χ2n) is 13.6.